The van der Waals surface area contributed by atoms with Crippen LogP contribution in [0, 0.1) is 17.8 Å². The van der Waals surface area contributed by atoms with Gasteiger partial charge in [0.25, 0.3) is 5.91 Å². The number of methoxy groups -OCH3 is 1. The summed E-state index contributed by atoms with van der Waals surface area (Å²) in [4.78, 5) is 63.7. The largest absolute Gasteiger partial charge is 0.497 e. The molecule has 15 nitrogen and oxygen atoms in total. The number of alkyl carbamates (subject to hydrolysis) is 1. The highest BCUT2D eigenvalue weighted by atomic mass is 32.2. The number of ether oxygens (including phenoxy) is 4. The number of nitrogens with zero attached hydrogens (tertiary/aromatic N) is 2. The van der Waals surface area contributed by atoms with Crippen molar-refractivity contribution in [2.45, 2.75) is 141 Å². The van der Waals surface area contributed by atoms with E-state index in [2.05, 4.69) is 22.3 Å². The lowest BCUT2D eigenvalue weighted by molar-refractivity contribution is -0.142. The Labute approximate surface area is 376 Å². The van der Waals surface area contributed by atoms with E-state index in [4.69, 9.17) is 23.9 Å². The van der Waals surface area contributed by atoms with Gasteiger partial charge >= 0.3 is 6.09 Å². The van der Waals surface area contributed by atoms with E-state index in [1.54, 1.807) is 40.9 Å². The number of nitrogens with one attached hydrogen (secondary N) is 3. The monoisotopic (exact) mass is 901 g/mol. The molecule has 3 heterocycles. The van der Waals surface area contributed by atoms with E-state index < -0.39 is 73.8 Å². The summed E-state index contributed by atoms with van der Waals surface area (Å²) >= 11 is 0. The fourth-order valence-electron chi connectivity index (χ4n) is 8.73. The Morgan fingerprint density at radius 2 is 1.70 bits per heavy atom. The summed E-state index contributed by atoms with van der Waals surface area (Å²) < 4.78 is 51.7. The highest BCUT2D eigenvalue weighted by Crippen LogP contribution is 2.48. The first-order valence-electron chi connectivity index (χ1n) is 22.4. The van der Waals surface area contributed by atoms with Crippen molar-refractivity contribution in [3.05, 3.63) is 60.7 Å². The van der Waals surface area contributed by atoms with Crippen LogP contribution < -0.4 is 29.6 Å². The fourth-order valence-corrected chi connectivity index (χ4v) is 10.0. The molecule has 7 rings (SSSR count). The summed E-state index contributed by atoms with van der Waals surface area (Å²) in [5, 5.41) is 7.23. The minimum Gasteiger partial charge on any atom is -0.497 e. The van der Waals surface area contributed by atoms with Crippen molar-refractivity contribution < 1.29 is 46.5 Å². The van der Waals surface area contributed by atoms with Gasteiger partial charge in [0.15, 0.2) is 0 Å². The number of carbonyl (C=O) groups is 4. The average molecular weight is 902 g/mol. The molecule has 0 bridgehead atoms. The van der Waals surface area contributed by atoms with Gasteiger partial charge in [-0.05, 0) is 146 Å². The van der Waals surface area contributed by atoms with Crippen LogP contribution >= 0.6 is 0 Å². The van der Waals surface area contributed by atoms with Crippen molar-refractivity contribution in [1.82, 2.24) is 25.2 Å². The van der Waals surface area contributed by atoms with E-state index in [9.17, 15) is 22.8 Å². The minimum atomic E-state index is -4.03. The van der Waals surface area contributed by atoms with Gasteiger partial charge in [-0.1, -0.05) is 26.0 Å². The van der Waals surface area contributed by atoms with Gasteiger partial charge in [0.2, 0.25) is 27.7 Å². The molecule has 0 radical (unpaired) electrons. The van der Waals surface area contributed by atoms with Gasteiger partial charge in [0.1, 0.15) is 40.8 Å². The first kappa shape index (κ1) is 46.6. The third-order valence-corrected chi connectivity index (χ3v) is 14.9. The van der Waals surface area contributed by atoms with Crippen LogP contribution in [0.25, 0.3) is 22.0 Å². The smallest absolute Gasteiger partial charge is 0.408 e. The lowest BCUT2D eigenvalue weighted by Crippen LogP contribution is -2.59. The van der Waals surface area contributed by atoms with Crippen LogP contribution in [0.15, 0.2) is 60.7 Å². The van der Waals surface area contributed by atoms with Crippen molar-refractivity contribution >= 4 is 44.6 Å². The molecule has 1 aromatic heterocycles. The summed E-state index contributed by atoms with van der Waals surface area (Å²) in [5.74, 6) is -1.08. The van der Waals surface area contributed by atoms with Crippen LogP contribution in [-0.4, -0.2) is 95.9 Å². The topological polar surface area (TPSA) is 192 Å². The number of carbonyl (C=O) groups excluding carboxylic acids is 4. The second-order valence-corrected chi connectivity index (χ2v) is 21.9. The molecule has 3 fully saturated rings. The number of fused-ring (bicyclic) bond motifs is 3. The summed E-state index contributed by atoms with van der Waals surface area (Å²) in [7, 11) is -2.45. The summed E-state index contributed by atoms with van der Waals surface area (Å²) in [6, 6.07) is 12.8. The molecule has 346 valence electrons. The molecule has 0 spiro atoms. The normalized spacial score (nSPS) is 27.5. The van der Waals surface area contributed by atoms with Crippen LogP contribution in [0.1, 0.15) is 100 Å². The van der Waals surface area contributed by atoms with Gasteiger partial charge < -0.3 is 34.5 Å². The number of pyridine rings is 1. The highest BCUT2D eigenvalue weighted by Gasteiger charge is 2.63. The summed E-state index contributed by atoms with van der Waals surface area (Å²) in [5.41, 5.74) is -1.00. The van der Waals surface area contributed by atoms with Crippen molar-refractivity contribution in [2.75, 3.05) is 13.7 Å². The molecular formula is C48H63N5O10S. The third-order valence-electron chi connectivity index (χ3n) is 12.7. The van der Waals surface area contributed by atoms with Gasteiger partial charge in [-0.3, -0.25) is 19.1 Å². The predicted molar refractivity (Wildman–Crippen MR) is 242 cm³/mol. The Morgan fingerprint density at radius 3 is 2.36 bits per heavy atom. The standard InChI is InChI=1S/C48H63N5O10S/c1-28(2)61-34-16-14-31(15-17-34)38-24-32-23-35(60-9)18-19-37(32)42(49-38)62-36-25-39-41(54)51-48(44(56)52-64(58,59)47(8)20-21-47)26-33(48)13-11-10-12-29(3)22-30(4)40(43(55)53(39)27-36)50-45(57)63-46(5,6)7/h11,13-19,23-24,28-30,33,36,39-40H,10,12,20-22,25-27H2,1-9H3,(H,50,57)(H,51,54)(H,52,56)/b13-11-/t29-,30-,33?,36-,39+,40+,48?/m1/s1. The number of allylic oxidation sites excluding steroid dienone is 1. The molecule has 2 unspecified atom stereocenters. The first-order chi connectivity index (χ1) is 30.1. The lowest BCUT2D eigenvalue weighted by Gasteiger charge is -2.33. The maximum atomic E-state index is 15.1. The van der Waals surface area contributed by atoms with Crippen molar-refractivity contribution in [2.24, 2.45) is 17.8 Å². The quantitative estimate of drug-likeness (QED) is 0.181. The Hall–Kier alpha value is -5.38. The molecular weight excluding hydrogens is 839 g/mol. The molecule has 2 aliphatic heterocycles. The zero-order valence-corrected chi connectivity index (χ0v) is 39.2. The molecule has 7 atom stereocenters. The Kier molecular flexibility index (Phi) is 13.0. The molecule has 64 heavy (non-hydrogen) atoms. The first-order valence-corrected chi connectivity index (χ1v) is 23.9. The number of hydrogen-bond acceptors (Lipinski definition) is 11. The zero-order chi connectivity index (χ0) is 46.4. The second-order valence-electron chi connectivity index (χ2n) is 19.7. The van der Waals surface area contributed by atoms with Crippen LogP contribution in [0.5, 0.6) is 17.4 Å². The predicted octanol–water partition coefficient (Wildman–Crippen LogP) is 6.82. The number of benzene rings is 2. The SMILES string of the molecule is COc1ccc2c(O[C@@H]3C[C@H]4C(=O)NC5(C(=O)NS(=O)(=O)C6(C)CC6)CC5/C=C\CC[C@@H](C)C[C@@H](C)[C@H](NC(=O)OC(C)(C)C)C(=O)N4C3)nc(-c3ccc(OC(C)C)cc3)cc2c1. The van der Waals surface area contributed by atoms with Crippen LogP contribution in [0.4, 0.5) is 4.79 Å². The fraction of sp³-hybridized carbons (Fsp3) is 0.562. The average Bonchev–Trinajstić information content (AvgIpc) is 4.10. The Bertz CT molecular complexity index is 2410. The lowest BCUT2D eigenvalue weighted by atomic mass is 9.88. The molecule has 2 aromatic carbocycles. The van der Waals surface area contributed by atoms with Crippen molar-refractivity contribution in [1.29, 1.82) is 0 Å². The van der Waals surface area contributed by atoms with E-state index in [1.165, 1.54) is 4.90 Å². The second kappa shape index (κ2) is 17.9. The van der Waals surface area contributed by atoms with E-state index in [0.29, 0.717) is 48.3 Å². The molecule has 3 N–H and O–H groups in total. The number of aromatic nitrogens is 1. The summed E-state index contributed by atoms with van der Waals surface area (Å²) in [6.45, 7) is 14.6. The van der Waals surface area contributed by atoms with Gasteiger partial charge in [-0.2, -0.15) is 0 Å². The van der Waals surface area contributed by atoms with E-state index in [1.807, 2.05) is 75.4 Å². The van der Waals surface area contributed by atoms with E-state index in [0.717, 1.165) is 17.4 Å². The molecule has 1 saturated heterocycles. The van der Waals surface area contributed by atoms with Crippen molar-refractivity contribution in [3.63, 3.8) is 0 Å². The number of sulfonamides is 1. The van der Waals surface area contributed by atoms with Crippen LogP contribution in [0.3, 0.4) is 0 Å². The molecule has 4 aliphatic rings. The zero-order valence-electron chi connectivity index (χ0n) is 38.4. The maximum Gasteiger partial charge on any atom is 0.408 e. The third kappa shape index (κ3) is 10.3. The Morgan fingerprint density at radius 1 is 1.00 bits per heavy atom. The number of amides is 4. The van der Waals surface area contributed by atoms with E-state index >= 15 is 4.79 Å². The summed E-state index contributed by atoms with van der Waals surface area (Å²) in [6.07, 6.45) is 5.31. The highest BCUT2D eigenvalue weighted by molar-refractivity contribution is 7.91. The Balaban J connectivity index is 1.26. The minimum absolute atomic E-state index is 0.000793. The molecule has 2 saturated carbocycles. The van der Waals surface area contributed by atoms with Gasteiger partial charge in [0.05, 0.1) is 30.2 Å². The van der Waals surface area contributed by atoms with Crippen LogP contribution in [0.2, 0.25) is 0 Å². The number of hydrogen-bond donors (Lipinski definition) is 3. The van der Waals surface area contributed by atoms with Gasteiger partial charge in [-0.25, -0.2) is 18.2 Å². The van der Waals surface area contributed by atoms with Gasteiger partial charge in [0, 0.05) is 23.3 Å². The number of rotatable bonds is 10. The van der Waals surface area contributed by atoms with Crippen LogP contribution in [-0.2, 0) is 29.1 Å². The van der Waals surface area contributed by atoms with Crippen molar-refractivity contribution in [3.8, 4) is 28.6 Å². The molecule has 3 aromatic rings. The molecule has 2 aliphatic carbocycles. The van der Waals surface area contributed by atoms with Gasteiger partial charge in [-0.15, -0.1) is 0 Å². The molecule has 16 heteroatoms. The van der Waals surface area contributed by atoms with E-state index in [-0.39, 0.29) is 43.2 Å². The molecule has 4 amide bonds. The maximum absolute atomic E-state index is 15.1.